The Morgan fingerprint density at radius 3 is 2.59 bits per heavy atom. The van der Waals surface area contributed by atoms with Crippen molar-refractivity contribution in [1.29, 1.82) is 0 Å². The molecule has 32 heavy (non-hydrogen) atoms. The topological polar surface area (TPSA) is 106 Å². The number of aryl methyl sites for hydroxylation is 4. The van der Waals surface area contributed by atoms with Gasteiger partial charge in [-0.2, -0.15) is 0 Å². The van der Waals surface area contributed by atoms with Gasteiger partial charge < -0.3 is 16.2 Å². The van der Waals surface area contributed by atoms with Crippen molar-refractivity contribution >= 4 is 22.9 Å². The predicted molar refractivity (Wildman–Crippen MR) is 122 cm³/mol. The number of carbonyl (C=O) groups excluding carboxylic acids is 1. The number of aliphatic hydroxyl groups is 1. The van der Waals surface area contributed by atoms with Gasteiger partial charge in [0.25, 0.3) is 5.91 Å². The number of amides is 1. The maximum Gasteiger partial charge on any atom is 0.257 e. The second-order valence-corrected chi connectivity index (χ2v) is 7.96. The van der Waals surface area contributed by atoms with Crippen LogP contribution < -0.4 is 11.1 Å². The van der Waals surface area contributed by atoms with Crippen molar-refractivity contribution < 1.29 is 14.3 Å². The van der Waals surface area contributed by atoms with E-state index in [0.29, 0.717) is 22.8 Å². The average molecular weight is 433 g/mol. The van der Waals surface area contributed by atoms with Crippen molar-refractivity contribution in [3.8, 4) is 11.3 Å². The number of imidazole rings is 1. The number of nitrogens with two attached hydrogens (primary N) is 1. The molecule has 0 spiro atoms. The zero-order valence-corrected chi connectivity index (χ0v) is 18.3. The maximum atomic E-state index is 13.6. The van der Waals surface area contributed by atoms with Gasteiger partial charge in [0, 0.05) is 23.1 Å². The van der Waals surface area contributed by atoms with Crippen LogP contribution in [-0.4, -0.2) is 25.4 Å². The number of rotatable bonds is 4. The summed E-state index contributed by atoms with van der Waals surface area (Å²) in [4.78, 5) is 21.5. The minimum absolute atomic E-state index is 0.201. The van der Waals surface area contributed by atoms with Gasteiger partial charge in [-0.1, -0.05) is 12.1 Å². The van der Waals surface area contributed by atoms with E-state index in [1.807, 2.05) is 31.2 Å². The predicted octanol–water partition coefficient (Wildman–Crippen LogP) is 4.02. The number of hydrogen-bond donors (Lipinski definition) is 3. The van der Waals surface area contributed by atoms with Gasteiger partial charge in [-0.05, 0) is 68.7 Å². The third kappa shape index (κ3) is 3.80. The SMILES string of the molecule is Cc1cc(F)cc([C@@H](O)C(=O)Nc2ccc(-c3nc(C)n4c(C)cnc(N)c34)c(C)c2)c1. The zero-order valence-electron chi connectivity index (χ0n) is 18.3. The lowest BCUT2D eigenvalue weighted by atomic mass is 10.0. The highest BCUT2D eigenvalue weighted by molar-refractivity contribution is 5.95. The highest BCUT2D eigenvalue weighted by Crippen LogP contribution is 2.32. The van der Waals surface area contributed by atoms with Crippen LogP contribution in [0.4, 0.5) is 15.9 Å². The highest BCUT2D eigenvalue weighted by Gasteiger charge is 2.20. The number of aromatic nitrogens is 3. The number of aliphatic hydroxyl groups excluding tert-OH is 1. The fourth-order valence-electron chi connectivity index (χ4n) is 3.96. The molecule has 7 nitrogen and oxygen atoms in total. The molecule has 4 N–H and O–H groups in total. The molecule has 1 atom stereocenters. The van der Waals surface area contributed by atoms with Crippen molar-refractivity contribution in [2.75, 3.05) is 11.1 Å². The van der Waals surface area contributed by atoms with Gasteiger partial charge in [0.2, 0.25) is 0 Å². The minimum atomic E-state index is -1.49. The molecule has 1 amide bonds. The summed E-state index contributed by atoms with van der Waals surface area (Å²) >= 11 is 0. The van der Waals surface area contributed by atoms with Gasteiger partial charge >= 0.3 is 0 Å². The van der Waals surface area contributed by atoms with Crippen molar-refractivity contribution in [3.05, 3.63) is 76.6 Å². The summed E-state index contributed by atoms with van der Waals surface area (Å²) in [5.74, 6) is 0.0384. The van der Waals surface area contributed by atoms with Gasteiger partial charge in [0.05, 0.1) is 0 Å². The molecule has 0 aliphatic heterocycles. The summed E-state index contributed by atoms with van der Waals surface area (Å²) in [6, 6.07) is 9.42. The fraction of sp³-hybridized carbons (Fsp3) is 0.208. The Hall–Kier alpha value is -3.78. The summed E-state index contributed by atoms with van der Waals surface area (Å²) in [6.07, 6.45) is 0.218. The molecule has 0 saturated heterocycles. The maximum absolute atomic E-state index is 13.6. The van der Waals surface area contributed by atoms with Crippen molar-refractivity contribution in [2.24, 2.45) is 0 Å². The van der Waals surface area contributed by atoms with Crippen molar-refractivity contribution in [2.45, 2.75) is 33.8 Å². The number of nitrogens with zero attached hydrogens (tertiary/aromatic N) is 3. The van der Waals surface area contributed by atoms with E-state index in [4.69, 9.17) is 10.7 Å². The highest BCUT2D eigenvalue weighted by atomic mass is 19.1. The number of nitrogens with one attached hydrogen (secondary N) is 1. The lowest BCUT2D eigenvalue weighted by Crippen LogP contribution is -2.21. The molecule has 0 unspecified atom stereocenters. The Kier molecular flexibility index (Phi) is 5.40. The van der Waals surface area contributed by atoms with Crippen LogP contribution in [0.25, 0.3) is 16.8 Å². The Bertz CT molecular complexity index is 1340. The molecule has 0 aliphatic rings. The first-order valence-electron chi connectivity index (χ1n) is 10.1. The Balaban J connectivity index is 1.64. The first-order valence-corrected chi connectivity index (χ1v) is 10.1. The van der Waals surface area contributed by atoms with E-state index in [2.05, 4.69) is 10.3 Å². The lowest BCUT2D eigenvalue weighted by molar-refractivity contribution is -0.124. The molecule has 2 heterocycles. The number of anilines is 2. The van der Waals surface area contributed by atoms with Gasteiger partial charge in [0.1, 0.15) is 28.7 Å². The number of halogens is 1. The van der Waals surface area contributed by atoms with Crippen LogP contribution in [0.2, 0.25) is 0 Å². The van der Waals surface area contributed by atoms with Gasteiger partial charge in [-0.25, -0.2) is 14.4 Å². The van der Waals surface area contributed by atoms with Gasteiger partial charge in [0.15, 0.2) is 6.10 Å². The third-order valence-corrected chi connectivity index (χ3v) is 5.41. The number of nitrogen functional groups attached to an aromatic ring is 1. The summed E-state index contributed by atoms with van der Waals surface area (Å²) < 4.78 is 15.6. The normalized spacial score (nSPS) is 12.2. The van der Waals surface area contributed by atoms with E-state index in [0.717, 1.165) is 34.2 Å². The van der Waals surface area contributed by atoms with Crippen molar-refractivity contribution in [3.63, 3.8) is 0 Å². The minimum Gasteiger partial charge on any atom is -0.382 e. The smallest absolute Gasteiger partial charge is 0.257 e. The second kappa shape index (κ2) is 8.05. The number of carbonyl (C=O) groups is 1. The summed E-state index contributed by atoms with van der Waals surface area (Å²) in [5.41, 5.74) is 11.6. The first kappa shape index (κ1) is 21.5. The summed E-state index contributed by atoms with van der Waals surface area (Å²) in [7, 11) is 0. The fourth-order valence-corrected chi connectivity index (χ4v) is 3.96. The van der Waals surface area contributed by atoms with Crippen LogP contribution in [-0.2, 0) is 4.79 Å². The lowest BCUT2D eigenvalue weighted by Gasteiger charge is -2.14. The molecule has 164 valence electrons. The van der Waals surface area contributed by atoms with Crippen LogP contribution >= 0.6 is 0 Å². The molecule has 0 bridgehead atoms. The molecule has 2 aromatic heterocycles. The van der Waals surface area contributed by atoms with E-state index in [1.54, 1.807) is 31.3 Å². The standard InChI is InChI=1S/C24H24FN5O2/c1-12-7-16(10-17(25)8-12)22(31)24(32)29-18-5-6-19(13(2)9-18)20-21-23(26)27-11-14(3)30(21)15(4)28-20/h5-11,22,31H,1-4H3,(H2,26,27)(H,29,32)/t22-/m1/s1. The van der Waals surface area contributed by atoms with Crippen LogP contribution in [0.15, 0.2) is 42.6 Å². The van der Waals surface area contributed by atoms with Crippen LogP contribution in [0, 0.1) is 33.5 Å². The molecule has 0 radical (unpaired) electrons. The Labute approximate surface area is 184 Å². The second-order valence-electron chi connectivity index (χ2n) is 7.96. The zero-order chi connectivity index (χ0) is 23.2. The Morgan fingerprint density at radius 1 is 1.16 bits per heavy atom. The number of benzene rings is 2. The largest absolute Gasteiger partial charge is 0.382 e. The first-order chi connectivity index (χ1) is 15.2. The van der Waals surface area contributed by atoms with Gasteiger partial charge in [-0.15, -0.1) is 0 Å². The molecular weight excluding hydrogens is 409 g/mol. The van der Waals surface area contributed by atoms with Crippen LogP contribution in [0.1, 0.15) is 34.3 Å². The van der Waals surface area contributed by atoms with Crippen LogP contribution in [0.3, 0.4) is 0 Å². The molecule has 0 aliphatic carbocycles. The van der Waals surface area contributed by atoms with Crippen LogP contribution in [0.5, 0.6) is 0 Å². The molecule has 4 rings (SSSR count). The van der Waals surface area contributed by atoms with Crippen molar-refractivity contribution in [1.82, 2.24) is 14.4 Å². The summed E-state index contributed by atoms with van der Waals surface area (Å²) in [6.45, 7) is 7.44. The van der Waals surface area contributed by atoms with E-state index < -0.39 is 17.8 Å². The van der Waals surface area contributed by atoms with Gasteiger partial charge in [-0.3, -0.25) is 9.20 Å². The number of fused-ring (bicyclic) bond motifs is 1. The third-order valence-electron chi connectivity index (χ3n) is 5.41. The molecule has 0 saturated carbocycles. The monoisotopic (exact) mass is 433 g/mol. The molecular formula is C24H24FN5O2. The van der Waals surface area contributed by atoms with E-state index in [1.165, 1.54) is 6.07 Å². The Morgan fingerprint density at radius 2 is 1.91 bits per heavy atom. The van der Waals surface area contributed by atoms with E-state index in [9.17, 15) is 14.3 Å². The summed E-state index contributed by atoms with van der Waals surface area (Å²) in [5, 5.41) is 13.1. The molecule has 8 heteroatoms. The average Bonchev–Trinajstić information content (AvgIpc) is 3.07. The molecule has 4 aromatic rings. The van der Waals surface area contributed by atoms with E-state index in [-0.39, 0.29) is 5.56 Å². The molecule has 0 fully saturated rings. The van der Waals surface area contributed by atoms with E-state index >= 15 is 0 Å². The number of hydrogen-bond acceptors (Lipinski definition) is 5. The molecule has 2 aromatic carbocycles. The quantitative estimate of drug-likeness (QED) is 0.451.